The van der Waals surface area contributed by atoms with Crippen molar-refractivity contribution in [1.29, 1.82) is 0 Å². The average molecular weight is 174 g/mol. The molecule has 0 spiro atoms. The van der Waals surface area contributed by atoms with E-state index >= 15 is 0 Å². The van der Waals surface area contributed by atoms with E-state index in [1.54, 1.807) is 0 Å². The molecule has 0 amide bonds. The molecule has 1 aromatic rings. The number of rotatable bonds is 3. The molecular formula is C13H18. The van der Waals surface area contributed by atoms with E-state index in [-0.39, 0.29) is 0 Å². The molecule has 13 heavy (non-hydrogen) atoms. The molecule has 0 bridgehead atoms. The maximum absolute atomic E-state index is 2.26. The van der Waals surface area contributed by atoms with Gasteiger partial charge in [0.05, 0.1) is 0 Å². The molecule has 0 N–H and O–H groups in total. The molecule has 0 heteroatoms. The van der Waals surface area contributed by atoms with Crippen molar-refractivity contribution >= 4 is 6.08 Å². The summed E-state index contributed by atoms with van der Waals surface area (Å²) in [5.41, 5.74) is 2.77. The molecule has 0 aromatic heterocycles. The van der Waals surface area contributed by atoms with Crippen LogP contribution in [0.25, 0.3) is 6.08 Å². The summed E-state index contributed by atoms with van der Waals surface area (Å²) in [5, 5.41) is 0. The summed E-state index contributed by atoms with van der Waals surface area (Å²) in [6.07, 6.45) is 3.45. The van der Waals surface area contributed by atoms with Crippen LogP contribution in [0.1, 0.15) is 32.8 Å². The number of benzene rings is 1. The van der Waals surface area contributed by atoms with Gasteiger partial charge in [0.2, 0.25) is 0 Å². The van der Waals surface area contributed by atoms with Crippen molar-refractivity contribution in [2.45, 2.75) is 27.2 Å². The van der Waals surface area contributed by atoms with E-state index in [4.69, 9.17) is 0 Å². The number of hydrogen-bond donors (Lipinski definition) is 0. The Morgan fingerprint density at radius 1 is 1.23 bits per heavy atom. The van der Waals surface area contributed by atoms with E-state index in [0.717, 1.165) is 5.92 Å². The Morgan fingerprint density at radius 2 is 1.85 bits per heavy atom. The molecule has 0 aliphatic rings. The molecule has 0 aliphatic carbocycles. The third-order valence-electron chi connectivity index (χ3n) is 1.94. The summed E-state index contributed by atoms with van der Waals surface area (Å²) in [6, 6.07) is 10.5. The van der Waals surface area contributed by atoms with Gasteiger partial charge in [-0.1, -0.05) is 55.8 Å². The van der Waals surface area contributed by atoms with Gasteiger partial charge in [-0.2, -0.15) is 0 Å². The van der Waals surface area contributed by atoms with Crippen molar-refractivity contribution in [3.05, 3.63) is 41.5 Å². The Hall–Kier alpha value is -1.04. The first-order chi connectivity index (χ1) is 6.18. The molecule has 0 atom stereocenters. The largest absolute Gasteiger partial charge is 0.0725 e. The van der Waals surface area contributed by atoms with Crippen molar-refractivity contribution in [2.24, 2.45) is 5.92 Å². The van der Waals surface area contributed by atoms with E-state index in [1.165, 1.54) is 17.6 Å². The SMILES string of the molecule is C/C(=C/c1ccccc1)CC(C)C. The maximum Gasteiger partial charge on any atom is -0.0257 e. The van der Waals surface area contributed by atoms with Crippen LogP contribution in [0.5, 0.6) is 0 Å². The topological polar surface area (TPSA) is 0 Å². The van der Waals surface area contributed by atoms with Gasteiger partial charge in [-0.05, 0) is 24.8 Å². The molecule has 1 aromatic carbocycles. The minimum Gasteiger partial charge on any atom is -0.0725 e. The molecule has 0 nitrogen and oxygen atoms in total. The predicted molar refractivity (Wildman–Crippen MR) is 59.5 cm³/mol. The van der Waals surface area contributed by atoms with E-state index < -0.39 is 0 Å². The Labute approximate surface area is 81.3 Å². The highest BCUT2D eigenvalue weighted by Crippen LogP contribution is 2.13. The van der Waals surface area contributed by atoms with Crippen LogP contribution in [-0.2, 0) is 0 Å². The van der Waals surface area contributed by atoms with E-state index in [2.05, 4.69) is 57.2 Å². The van der Waals surface area contributed by atoms with Crippen molar-refractivity contribution in [3.63, 3.8) is 0 Å². The second kappa shape index (κ2) is 4.86. The average Bonchev–Trinajstić information content (AvgIpc) is 2.04. The lowest BCUT2D eigenvalue weighted by molar-refractivity contribution is 0.644. The van der Waals surface area contributed by atoms with Crippen molar-refractivity contribution < 1.29 is 0 Å². The van der Waals surface area contributed by atoms with Crippen LogP contribution >= 0.6 is 0 Å². The van der Waals surface area contributed by atoms with Gasteiger partial charge in [0, 0.05) is 0 Å². The van der Waals surface area contributed by atoms with Crippen LogP contribution in [0.3, 0.4) is 0 Å². The molecule has 0 heterocycles. The van der Waals surface area contributed by atoms with Crippen LogP contribution in [0.2, 0.25) is 0 Å². The van der Waals surface area contributed by atoms with Gasteiger partial charge in [0.1, 0.15) is 0 Å². The molecule has 0 radical (unpaired) electrons. The Kier molecular flexibility index (Phi) is 3.75. The standard InChI is InChI=1S/C13H18/c1-11(2)9-12(3)10-13-7-5-4-6-8-13/h4-8,10-11H,9H2,1-3H3/b12-10-. The van der Waals surface area contributed by atoms with Gasteiger partial charge in [-0.25, -0.2) is 0 Å². The quantitative estimate of drug-likeness (QED) is 0.646. The maximum atomic E-state index is 2.26. The van der Waals surface area contributed by atoms with Gasteiger partial charge in [-0.3, -0.25) is 0 Å². The van der Waals surface area contributed by atoms with Crippen molar-refractivity contribution in [3.8, 4) is 0 Å². The molecule has 0 saturated heterocycles. The number of allylic oxidation sites excluding steroid dienone is 1. The summed E-state index contributed by atoms with van der Waals surface area (Å²) in [4.78, 5) is 0. The fourth-order valence-electron chi connectivity index (χ4n) is 1.54. The van der Waals surface area contributed by atoms with Gasteiger partial charge in [0.15, 0.2) is 0 Å². The first-order valence-electron chi connectivity index (χ1n) is 4.90. The summed E-state index contributed by atoms with van der Waals surface area (Å²) in [7, 11) is 0. The highest BCUT2D eigenvalue weighted by atomic mass is 14.0. The van der Waals surface area contributed by atoms with Crippen LogP contribution in [0.4, 0.5) is 0 Å². The molecule has 0 aliphatic heterocycles. The highest BCUT2D eigenvalue weighted by Gasteiger charge is 1.95. The third kappa shape index (κ3) is 3.93. The molecule has 0 unspecified atom stereocenters. The zero-order chi connectivity index (χ0) is 9.68. The summed E-state index contributed by atoms with van der Waals surface area (Å²) in [5.74, 6) is 0.750. The van der Waals surface area contributed by atoms with Crippen molar-refractivity contribution in [2.75, 3.05) is 0 Å². The highest BCUT2D eigenvalue weighted by molar-refractivity contribution is 5.51. The smallest absolute Gasteiger partial charge is 0.0257 e. The van der Waals surface area contributed by atoms with Crippen molar-refractivity contribution in [1.82, 2.24) is 0 Å². The fraction of sp³-hybridized carbons (Fsp3) is 0.385. The Bertz CT molecular complexity index is 267. The van der Waals surface area contributed by atoms with Gasteiger partial charge < -0.3 is 0 Å². The molecular weight excluding hydrogens is 156 g/mol. The molecule has 0 fully saturated rings. The monoisotopic (exact) mass is 174 g/mol. The van der Waals surface area contributed by atoms with Gasteiger partial charge in [0.25, 0.3) is 0 Å². The predicted octanol–water partition coefficient (Wildman–Crippen LogP) is 4.14. The van der Waals surface area contributed by atoms with Crippen LogP contribution < -0.4 is 0 Å². The first-order valence-corrected chi connectivity index (χ1v) is 4.90. The van der Waals surface area contributed by atoms with E-state index in [1.807, 2.05) is 0 Å². The van der Waals surface area contributed by atoms with Gasteiger partial charge >= 0.3 is 0 Å². The lowest BCUT2D eigenvalue weighted by Crippen LogP contribution is -1.87. The fourth-order valence-corrected chi connectivity index (χ4v) is 1.54. The van der Waals surface area contributed by atoms with Crippen LogP contribution in [0, 0.1) is 5.92 Å². The Balaban J connectivity index is 2.66. The summed E-state index contributed by atoms with van der Waals surface area (Å²) in [6.45, 7) is 6.71. The minimum absolute atomic E-state index is 0.750. The summed E-state index contributed by atoms with van der Waals surface area (Å²) >= 11 is 0. The zero-order valence-corrected chi connectivity index (χ0v) is 8.75. The minimum atomic E-state index is 0.750. The van der Waals surface area contributed by atoms with Crippen LogP contribution in [-0.4, -0.2) is 0 Å². The molecule has 0 saturated carbocycles. The van der Waals surface area contributed by atoms with E-state index in [0.29, 0.717) is 0 Å². The first kappa shape index (κ1) is 10.0. The number of hydrogen-bond acceptors (Lipinski definition) is 0. The van der Waals surface area contributed by atoms with Crippen LogP contribution in [0.15, 0.2) is 35.9 Å². The lowest BCUT2D eigenvalue weighted by Gasteiger charge is -2.04. The lowest BCUT2D eigenvalue weighted by atomic mass is 10.0. The van der Waals surface area contributed by atoms with Gasteiger partial charge in [-0.15, -0.1) is 0 Å². The second-order valence-corrected chi connectivity index (χ2v) is 4.00. The van der Waals surface area contributed by atoms with E-state index in [9.17, 15) is 0 Å². The Morgan fingerprint density at radius 3 is 2.38 bits per heavy atom. The molecule has 1 rings (SSSR count). The zero-order valence-electron chi connectivity index (χ0n) is 8.75. The summed E-state index contributed by atoms with van der Waals surface area (Å²) < 4.78 is 0. The normalized spacial score (nSPS) is 12.2. The molecule has 70 valence electrons. The second-order valence-electron chi connectivity index (χ2n) is 4.00. The third-order valence-corrected chi connectivity index (χ3v) is 1.94.